The van der Waals surface area contributed by atoms with Crippen molar-refractivity contribution in [3.63, 3.8) is 0 Å². The molecule has 5 saturated heterocycles. The molecule has 2 aromatic carbocycles. The van der Waals surface area contributed by atoms with E-state index in [0.29, 0.717) is 44.2 Å². The fraction of sp³-hybridized carbons (Fsp3) is 0.646. The molecule has 0 aromatic heterocycles. The third-order valence-electron chi connectivity index (χ3n) is 15.5. The van der Waals surface area contributed by atoms with E-state index in [1.54, 1.807) is 23.8 Å². The average Bonchev–Trinajstić information content (AvgIpc) is 3.99. The first kappa shape index (κ1) is 43.8. The Bertz CT molecular complexity index is 2070. The summed E-state index contributed by atoms with van der Waals surface area (Å²) in [7, 11) is 0. The fourth-order valence-corrected chi connectivity index (χ4v) is 14.0. The number of nitriles is 1. The molecular weight excluding hydrogens is 832 g/mol. The van der Waals surface area contributed by atoms with Crippen LogP contribution in [0, 0.1) is 28.6 Å². The van der Waals surface area contributed by atoms with Crippen LogP contribution in [0.5, 0.6) is 5.75 Å². The number of ether oxygens (including phenoxy) is 2. The summed E-state index contributed by atoms with van der Waals surface area (Å²) in [6.07, 6.45) is 14.0. The lowest BCUT2D eigenvalue weighted by atomic mass is 9.61. The Kier molecular flexibility index (Phi) is 13.0. The fourth-order valence-electron chi connectivity index (χ4n) is 11.9. The summed E-state index contributed by atoms with van der Waals surface area (Å²) in [6, 6.07) is 16.6. The number of halogens is 1. The number of rotatable bonds is 9. The van der Waals surface area contributed by atoms with Crippen LogP contribution in [-0.4, -0.2) is 107 Å². The first-order valence-corrected chi connectivity index (χ1v) is 25.0. The Labute approximate surface area is 382 Å². The predicted molar refractivity (Wildman–Crippen MR) is 248 cm³/mol. The molecule has 7 fully saturated rings. The van der Waals surface area contributed by atoms with E-state index in [2.05, 4.69) is 111 Å². The smallest absolute Gasteiger partial charge is 0.238 e. The van der Waals surface area contributed by atoms with Crippen molar-refractivity contribution < 1.29 is 14.3 Å². The number of hydrogen-bond donors (Lipinski definition) is 6. The zero-order valence-electron chi connectivity index (χ0n) is 37.0. The molecule has 0 radical (unpaired) electrons. The zero-order valence-corrected chi connectivity index (χ0v) is 38.5. The molecule has 6 heterocycles. The van der Waals surface area contributed by atoms with E-state index in [9.17, 15) is 4.79 Å². The van der Waals surface area contributed by atoms with Crippen molar-refractivity contribution in [1.29, 1.82) is 5.26 Å². The summed E-state index contributed by atoms with van der Waals surface area (Å²) in [5.41, 5.74) is 20.2. The number of thioether (sulfide) groups is 1. The molecule has 63 heavy (non-hydrogen) atoms. The van der Waals surface area contributed by atoms with Crippen LogP contribution in [0.2, 0.25) is 5.02 Å². The number of amides is 1. The van der Waals surface area contributed by atoms with Gasteiger partial charge in [-0.25, -0.2) is 21.7 Å². The molecule has 2 aromatic rings. The molecule has 8 aliphatic rings. The molecule has 15 heteroatoms. The van der Waals surface area contributed by atoms with Gasteiger partial charge in [-0.1, -0.05) is 61.4 Å². The summed E-state index contributed by atoms with van der Waals surface area (Å²) in [4.78, 5) is 24.3. The minimum Gasteiger partial charge on any atom is -0.490 e. The number of hydrazine groups is 2. The van der Waals surface area contributed by atoms with Crippen molar-refractivity contribution in [1.82, 2.24) is 42.1 Å². The number of benzene rings is 2. The van der Waals surface area contributed by atoms with Crippen LogP contribution in [0.1, 0.15) is 108 Å². The number of allylic oxidation sites excluding steroid dienone is 1. The molecule has 10 atom stereocenters. The van der Waals surface area contributed by atoms with Crippen molar-refractivity contribution >= 4 is 41.1 Å². The Hall–Kier alpha value is -3.07. The number of piperidine rings is 1. The minimum atomic E-state index is -0.236. The Morgan fingerprint density at radius 1 is 1.06 bits per heavy atom. The van der Waals surface area contributed by atoms with Gasteiger partial charge in [-0.15, -0.1) is 11.8 Å². The molecule has 1 spiro atoms. The number of aliphatic imine (C=N–C) groups is 1. The topological polar surface area (TPSA) is 150 Å². The average molecular weight is 898 g/mol. The van der Waals surface area contributed by atoms with E-state index in [1.165, 1.54) is 29.7 Å². The molecule has 2 saturated carbocycles. The second-order valence-electron chi connectivity index (χ2n) is 19.7. The molecule has 9 unspecified atom stereocenters. The van der Waals surface area contributed by atoms with Gasteiger partial charge in [-0.05, 0) is 112 Å². The van der Waals surface area contributed by atoms with E-state index < -0.39 is 0 Å². The summed E-state index contributed by atoms with van der Waals surface area (Å²) in [6.45, 7) is 10.9. The van der Waals surface area contributed by atoms with Gasteiger partial charge in [0.15, 0.2) is 0 Å². The van der Waals surface area contributed by atoms with Gasteiger partial charge in [0.2, 0.25) is 5.91 Å². The number of fused-ring (bicyclic) bond motifs is 3. The Morgan fingerprint density at radius 3 is 2.62 bits per heavy atom. The zero-order chi connectivity index (χ0) is 43.2. The van der Waals surface area contributed by atoms with Gasteiger partial charge in [0, 0.05) is 48.5 Å². The molecule has 10 rings (SSSR count). The van der Waals surface area contributed by atoms with Crippen LogP contribution in [0.25, 0.3) is 6.08 Å². The molecule has 1 amide bonds. The highest BCUT2D eigenvalue weighted by atomic mass is 35.5. The number of carbonyl (C=O) groups is 1. The summed E-state index contributed by atoms with van der Waals surface area (Å²) >= 11 is 8.31. The highest BCUT2D eigenvalue weighted by Crippen LogP contribution is 2.52. The van der Waals surface area contributed by atoms with Crippen molar-refractivity contribution in [2.75, 3.05) is 26.2 Å². The van der Waals surface area contributed by atoms with Crippen LogP contribution in [0.4, 0.5) is 0 Å². The standard InChI is InChI=1S/C48H65ClN10O3S/c1-28-29(2)63-47-43(28)44(53-40(23-42-51-18-20-61-42)45-57-54-30(3)59(45)47)33-7-5-31(6-8-33)21-32-24-48(25-32)17-4-19-58(27-48)41-16-15-39(55-56-41)46(60)52-35-10-13-36(14-11-35)62-37-12-9-34(26-50)38(49)22-37/h5-9,12,21-22,28-30,35-36,39-43,45,47,51,54-57H,4,10-11,13-20,23-25,27H2,1-3H3,(H,52,60)/t28?,29?,30?,35?,36?,39?,40-,41?,42?,43?,45?,47?,48?/m1/s1. The SMILES string of the molecule is CC1SC2C(C(c3ccc(C=C4CC5(CCCN(C6CCC(C(=O)NC7CCC(Oc8ccc(C#N)c(Cl)c8)CC7)NN6)C5)C4)cc3)=N[C@H](CC3NCCO3)C3NNC(C)N23)C1C. The van der Waals surface area contributed by atoms with Gasteiger partial charge in [0.1, 0.15) is 24.1 Å². The lowest BCUT2D eigenvalue weighted by molar-refractivity contribution is -0.126. The van der Waals surface area contributed by atoms with Crippen molar-refractivity contribution in [2.24, 2.45) is 22.2 Å². The number of likely N-dealkylation sites (tertiary alicyclic amines) is 1. The number of carbonyl (C=O) groups excluding carboxylic acids is 1. The minimum absolute atomic E-state index is 0.0348. The van der Waals surface area contributed by atoms with Crippen LogP contribution >= 0.6 is 23.4 Å². The monoisotopic (exact) mass is 896 g/mol. The molecule has 2 aliphatic carbocycles. The van der Waals surface area contributed by atoms with Gasteiger partial charge >= 0.3 is 0 Å². The summed E-state index contributed by atoms with van der Waals surface area (Å²) < 4.78 is 12.2. The van der Waals surface area contributed by atoms with Gasteiger partial charge in [-0.3, -0.25) is 24.9 Å². The third kappa shape index (κ3) is 9.22. The lowest BCUT2D eigenvalue weighted by Gasteiger charge is -2.53. The maximum atomic E-state index is 13.3. The van der Waals surface area contributed by atoms with Crippen LogP contribution in [0.15, 0.2) is 53.0 Å². The molecule has 338 valence electrons. The number of hydrogen-bond acceptors (Lipinski definition) is 13. The van der Waals surface area contributed by atoms with E-state index in [-0.39, 0.29) is 54.9 Å². The van der Waals surface area contributed by atoms with Gasteiger partial charge in [-0.2, -0.15) is 5.26 Å². The molecule has 13 nitrogen and oxygen atoms in total. The third-order valence-corrected chi connectivity index (χ3v) is 17.5. The van der Waals surface area contributed by atoms with Gasteiger partial charge in [0.25, 0.3) is 0 Å². The molecular formula is C48H65ClN10O3S. The van der Waals surface area contributed by atoms with Crippen molar-refractivity contribution in [3.8, 4) is 11.8 Å². The second kappa shape index (κ2) is 18.7. The molecule has 0 bridgehead atoms. The van der Waals surface area contributed by atoms with E-state index in [0.717, 1.165) is 84.0 Å². The van der Waals surface area contributed by atoms with Crippen molar-refractivity contribution in [2.45, 2.75) is 151 Å². The van der Waals surface area contributed by atoms with E-state index in [4.69, 9.17) is 31.3 Å². The maximum absolute atomic E-state index is 13.3. The summed E-state index contributed by atoms with van der Waals surface area (Å²) in [5, 5.41) is 17.3. The van der Waals surface area contributed by atoms with E-state index in [1.807, 2.05) is 0 Å². The predicted octanol–water partition coefficient (Wildman–Crippen LogP) is 5.86. The van der Waals surface area contributed by atoms with Gasteiger partial charge < -0.3 is 14.8 Å². The summed E-state index contributed by atoms with van der Waals surface area (Å²) in [5.74, 6) is 1.63. The number of nitrogens with zero attached hydrogens (tertiary/aromatic N) is 4. The van der Waals surface area contributed by atoms with Gasteiger partial charge in [0.05, 0.1) is 53.2 Å². The Balaban J connectivity index is 0.713. The highest BCUT2D eigenvalue weighted by molar-refractivity contribution is 8.00. The highest BCUT2D eigenvalue weighted by Gasteiger charge is 2.53. The van der Waals surface area contributed by atoms with Crippen LogP contribution in [-0.2, 0) is 9.53 Å². The second-order valence-corrected chi connectivity index (χ2v) is 21.7. The number of nitrogens with one attached hydrogen (secondary N) is 6. The largest absolute Gasteiger partial charge is 0.490 e. The molecule has 6 N–H and O–H groups in total. The molecule has 6 aliphatic heterocycles. The first-order chi connectivity index (χ1) is 30.6. The quantitative estimate of drug-likeness (QED) is 0.179. The van der Waals surface area contributed by atoms with Crippen molar-refractivity contribution in [3.05, 3.63) is 69.8 Å². The van der Waals surface area contributed by atoms with E-state index >= 15 is 0 Å². The maximum Gasteiger partial charge on any atom is 0.238 e. The lowest BCUT2D eigenvalue weighted by Crippen LogP contribution is -2.64. The normalized spacial score (nSPS) is 38.2. The van der Waals surface area contributed by atoms with Crippen LogP contribution < -0.4 is 37.1 Å². The first-order valence-electron chi connectivity index (χ1n) is 23.7. The van der Waals surface area contributed by atoms with Crippen LogP contribution in [0.3, 0.4) is 0 Å². The Morgan fingerprint density at radius 2 is 1.89 bits per heavy atom.